The van der Waals surface area contributed by atoms with Gasteiger partial charge in [-0.3, -0.25) is 4.79 Å². The predicted molar refractivity (Wildman–Crippen MR) is 84.2 cm³/mol. The van der Waals surface area contributed by atoms with Crippen molar-refractivity contribution in [3.63, 3.8) is 0 Å². The second kappa shape index (κ2) is 6.92. The zero-order chi connectivity index (χ0) is 14.5. The molecule has 0 bridgehead atoms. The van der Waals surface area contributed by atoms with E-state index >= 15 is 0 Å². The quantitative estimate of drug-likeness (QED) is 0.883. The third-order valence-corrected chi connectivity index (χ3v) is 4.21. The number of nitrogens with zero attached hydrogens (tertiary/aromatic N) is 1. The van der Waals surface area contributed by atoms with Gasteiger partial charge in [0.2, 0.25) is 0 Å². The topological polar surface area (TPSA) is 54.0 Å². The number of hydrogen-bond acceptors (Lipinski definition) is 4. The van der Waals surface area contributed by atoms with Gasteiger partial charge in [0.15, 0.2) is 0 Å². The third kappa shape index (κ3) is 3.85. The molecule has 0 fully saturated rings. The number of hydrogen-bond donors (Lipinski definition) is 2. The minimum Gasteiger partial charge on any atom is -0.372 e. The van der Waals surface area contributed by atoms with Gasteiger partial charge in [0.25, 0.3) is 5.91 Å². The lowest BCUT2D eigenvalue weighted by Crippen LogP contribution is -2.25. The lowest BCUT2D eigenvalue weighted by Gasteiger charge is -2.06. The summed E-state index contributed by atoms with van der Waals surface area (Å²) in [5.41, 5.74) is 0.443. The number of thiophene rings is 1. The van der Waals surface area contributed by atoms with Crippen molar-refractivity contribution in [3.05, 3.63) is 44.2 Å². The number of amides is 1. The molecule has 0 aliphatic carbocycles. The van der Waals surface area contributed by atoms with E-state index in [0.29, 0.717) is 22.9 Å². The molecule has 2 aromatic rings. The molecule has 2 N–H and O–H groups in total. The van der Waals surface area contributed by atoms with E-state index in [0.717, 1.165) is 15.6 Å². The van der Waals surface area contributed by atoms with E-state index in [1.54, 1.807) is 13.1 Å². The molecule has 0 saturated carbocycles. The molecule has 0 radical (unpaired) electrons. The molecule has 0 saturated heterocycles. The normalized spacial score (nSPS) is 10.3. The summed E-state index contributed by atoms with van der Waals surface area (Å²) in [7, 11) is 1.72. The van der Waals surface area contributed by atoms with Crippen LogP contribution in [0.1, 0.15) is 15.2 Å². The molecular weight excluding hydrogens is 317 g/mol. The van der Waals surface area contributed by atoms with E-state index in [1.165, 1.54) is 17.5 Å². The number of nitrogens with one attached hydrogen (secondary N) is 2. The number of anilines is 1. The van der Waals surface area contributed by atoms with Gasteiger partial charge in [-0.15, -0.1) is 11.3 Å². The summed E-state index contributed by atoms with van der Waals surface area (Å²) in [5, 5.41) is 6.09. The molecule has 0 aliphatic heterocycles. The van der Waals surface area contributed by atoms with Crippen LogP contribution in [0.4, 0.5) is 5.82 Å². The lowest BCUT2D eigenvalue weighted by molar-refractivity contribution is 0.0954. The van der Waals surface area contributed by atoms with Crippen molar-refractivity contribution in [3.8, 4) is 0 Å². The van der Waals surface area contributed by atoms with E-state index < -0.39 is 0 Å². The van der Waals surface area contributed by atoms with Crippen LogP contribution in [0.25, 0.3) is 0 Å². The van der Waals surface area contributed by atoms with E-state index in [2.05, 4.69) is 15.6 Å². The second-order valence-electron chi connectivity index (χ2n) is 4.02. The first-order valence-corrected chi connectivity index (χ1v) is 7.53. The Bertz CT molecular complexity index is 615. The third-order valence-electron chi connectivity index (χ3n) is 2.63. The maximum Gasteiger partial charge on any atom is 0.252 e. The van der Waals surface area contributed by atoms with Crippen LogP contribution < -0.4 is 10.6 Å². The molecule has 20 heavy (non-hydrogen) atoms. The van der Waals surface area contributed by atoms with E-state index in [9.17, 15) is 4.79 Å². The monoisotopic (exact) mass is 329 g/mol. The molecule has 0 unspecified atom stereocenters. The molecule has 7 heteroatoms. The van der Waals surface area contributed by atoms with Gasteiger partial charge in [-0.05, 0) is 24.6 Å². The van der Waals surface area contributed by atoms with Crippen LogP contribution in [0, 0.1) is 0 Å². The predicted octanol–water partition coefficient (Wildman–Crippen LogP) is 3.46. The van der Waals surface area contributed by atoms with Gasteiger partial charge in [0.1, 0.15) is 5.82 Å². The summed E-state index contributed by atoms with van der Waals surface area (Å²) in [5.74, 6) is 0.362. The number of carbonyl (C=O) groups excluding carboxylic acids is 1. The van der Waals surface area contributed by atoms with Crippen LogP contribution in [0.15, 0.2) is 24.4 Å². The second-order valence-corrected chi connectivity index (χ2v) is 6.22. The van der Waals surface area contributed by atoms with Crippen molar-refractivity contribution >= 4 is 46.3 Å². The van der Waals surface area contributed by atoms with Crippen molar-refractivity contribution in [1.82, 2.24) is 10.3 Å². The van der Waals surface area contributed by atoms with E-state index in [1.807, 2.05) is 12.1 Å². The van der Waals surface area contributed by atoms with Gasteiger partial charge >= 0.3 is 0 Å². The van der Waals surface area contributed by atoms with E-state index in [-0.39, 0.29) is 5.91 Å². The number of carbonyl (C=O) groups is 1. The first kappa shape index (κ1) is 15.1. The molecule has 0 aliphatic rings. The summed E-state index contributed by atoms with van der Waals surface area (Å²) in [6.07, 6.45) is 2.24. The molecule has 0 atom stereocenters. The summed E-state index contributed by atoms with van der Waals surface area (Å²) in [6, 6.07) is 5.40. The lowest BCUT2D eigenvalue weighted by atomic mass is 10.2. The molecule has 1 amide bonds. The molecule has 2 heterocycles. The standard InChI is InChI=1S/C13H13Cl2N3OS/c1-16-12-10(14)6-8(7-18-12)13(19)17-5-4-9-2-3-11(15)20-9/h2-3,6-7H,4-5H2,1H3,(H,16,18)(H,17,19). The molecule has 2 rings (SSSR count). The Morgan fingerprint density at radius 3 is 2.80 bits per heavy atom. The number of halogens is 2. The van der Waals surface area contributed by atoms with Gasteiger partial charge in [0, 0.05) is 24.7 Å². The van der Waals surface area contributed by atoms with Crippen molar-refractivity contribution < 1.29 is 4.79 Å². The number of aromatic nitrogens is 1. The Balaban J connectivity index is 1.90. The van der Waals surface area contributed by atoms with Crippen molar-refractivity contribution in [1.29, 1.82) is 0 Å². The summed E-state index contributed by atoms with van der Waals surface area (Å²) in [4.78, 5) is 17.1. The Labute approximate surface area is 131 Å². The Morgan fingerprint density at radius 1 is 1.40 bits per heavy atom. The zero-order valence-electron chi connectivity index (χ0n) is 10.7. The summed E-state index contributed by atoms with van der Waals surface area (Å²) in [6.45, 7) is 0.543. The average molecular weight is 330 g/mol. The maximum absolute atomic E-state index is 11.9. The van der Waals surface area contributed by atoms with Crippen LogP contribution in [0.2, 0.25) is 9.36 Å². The van der Waals surface area contributed by atoms with Crippen LogP contribution in [-0.2, 0) is 6.42 Å². The fourth-order valence-electron chi connectivity index (χ4n) is 1.63. The molecule has 106 valence electrons. The summed E-state index contributed by atoms with van der Waals surface area (Å²) >= 11 is 13.3. The van der Waals surface area contributed by atoms with Gasteiger partial charge in [-0.1, -0.05) is 23.2 Å². The van der Waals surface area contributed by atoms with Crippen LogP contribution in [-0.4, -0.2) is 24.5 Å². The van der Waals surface area contributed by atoms with Crippen LogP contribution in [0.3, 0.4) is 0 Å². The average Bonchev–Trinajstić information content (AvgIpc) is 2.84. The Morgan fingerprint density at radius 2 is 2.20 bits per heavy atom. The molecular formula is C13H13Cl2N3OS. The first-order valence-electron chi connectivity index (χ1n) is 5.96. The Kier molecular flexibility index (Phi) is 5.23. The van der Waals surface area contributed by atoms with Gasteiger partial charge < -0.3 is 10.6 Å². The number of pyridine rings is 1. The zero-order valence-corrected chi connectivity index (χ0v) is 13.1. The molecule has 4 nitrogen and oxygen atoms in total. The highest BCUT2D eigenvalue weighted by atomic mass is 35.5. The van der Waals surface area contributed by atoms with E-state index in [4.69, 9.17) is 23.2 Å². The fraction of sp³-hybridized carbons (Fsp3) is 0.231. The Hall–Kier alpha value is -1.30. The van der Waals surface area contributed by atoms with Crippen LogP contribution in [0.5, 0.6) is 0 Å². The highest BCUT2D eigenvalue weighted by Crippen LogP contribution is 2.21. The highest BCUT2D eigenvalue weighted by Gasteiger charge is 2.09. The fourth-order valence-corrected chi connectivity index (χ4v) is 2.98. The van der Waals surface area contributed by atoms with Crippen molar-refractivity contribution in [2.45, 2.75) is 6.42 Å². The minimum atomic E-state index is -0.190. The highest BCUT2D eigenvalue weighted by molar-refractivity contribution is 7.16. The van der Waals surface area contributed by atoms with Gasteiger partial charge in [-0.25, -0.2) is 4.98 Å². The first-order chi connectivity index (χ1) is 9.60. The minimum absolute atomic E-state index is 0.190. The van der Waals surface area contributed by atoms with Crippen molar-refractivity contribution in [2.24, 2.45) is 0 Å². The smallest absolute Gasteiger partial charge is 0.252 e. The molecule has 2 aromatic heterocycles. The van der Waals surface area contributed by atoms with Crippen LogP contribution >= 0.6 is 34.5 Å². The largest absolute Gasteiger partial charge is 0.372 e. The molecule has 0 spiro atoms. The maximum atomic E-state index is 11.9. The van der Waals surface area contributed by atoms with Gasteiger partial charge in [-0.2, -0.15) is 0 Å². The summed E-state index contributed by atoms with van der Waals surface area (Å²) < 4.78 is 0.755. The number of rotatable bonds is 5. The van der Waals surface area contributed by atoms with Crippen molar-refractivity contribution in [2.75, 3.05) is 18.9 Å². The SMILES string of the molecule is CNc1ncc(C(=O)NCCc2ccc(Cl)s2)cc1Cl. The van der Waals surface area contributed by atoms with Gasteiger partial charge in [0.05, 0.1) is 14.9 Å². The molecule has 0 aromatic carbocycles.